The van der Waals surface area contributed by atoms with Crippen LogP contribution >= 0.6 is 0 Å². The molecular weight excluding hydrogens is 371 g/mol. The summed E-state index contributed by atoms with van der Waals surface area (Å²) in [6.07, 6.45) is 0.486. The Morgan fingerprint density at radius 1 is 1.34 bits per heavy atom. The van der Waals surface area contributed by atoms with Gasteiger partial charge in [-0.05, 0) is 30.3 Å². The lowest BCUT2D eigenvalue weighted by atomic mass is 10.0. The number of nitrogens with two attached hydrogens (primary N) is 1. The molecule has 29 heavy (non-hydrogen) atoms. The molecule has 2 heterocycles. The maximum Gasteiger partial charge on any atom is 0.269 e. The molecule has 1 aliphatic heterocycles. The van der Waals surface area contributed by atoms with Crippen LogP contribution in [-0.4, -0.2) is 44.9 Å². The number of carbonyl (C=O) groups is 1. The maximum atomic E-state index is 13.8. The Bertz CT molecular complexity index is 1220. The van der Waals surface area contributed by atoms with Gasteiger partial charge in [0.1, 0.15) is 5.82 Å². The monoisotopic (exact) mass is 390 g/mol. The fourth-order valence-corrected chi connectivity index (χ4v) is 3.42. The van der Waals surface area contributed by atoms with Crippen molar-refractivity contribution in [3.05, 3.63) is 71.8 Å². The summed E-state index contributed by atoms with van der Waals surface area (Å²) in [5.41, 5.74) is 6.46. The van der Waals surface area contributed by atoms with Crippen LogP contribution in [0.25, 0.3) is 16.6 Å². The number of amides is 1. The molecule has 1 aliphatic rings. The van der Waals surface area contributed by atoms with Crippen LogP contribution < -0.4 is 5.73 Å². The number of benzene rings is 2. The number of fused-ring (bicyclic) bond motifs is 1. The zero-order chi connectivity index (χ0) is 20.8. The van der Waals surface area contributed by atoms with Gasteiger partial charge in [-0.3, -0.25) is 4.79 Å². The van der Waals surface area contributed by atoms with E-state index in [0.717, 1.165) is 0 Å². The molecule has 1 fully saturated rings. The van der Waals surface area contributed by atoms with Gasteiger partial charge in [-0.1, -0.05) is 24.5 Å². The number of carbonyl (C=O) groups excluding carboxylic acids is 1. The number of rotatable bonds is 2. The Hall–Kier alpha value is -3.63. The van der Waals surface area contributed by atoms with E-state index in [-0.39, 0.29) is 5.69 Å². The average molecular weight is 390 g/mol. The second-order valence-corrected chi connectivity index (χ2v) is 7.06. The van der Waals surface area contributed by atoms with Gasteiger partial charge in [0.15, 0.2) is 11.3 Å². The molecule has 6 nitrogen and oxygen atoms in total. The normalized spacial score (nSPS) is 18.7. The third kappa shape index (κ3) is 3.24. The minimum Gasteiger partial charge on any atom is -0.375 e. The fourth-order valence-electron chi connectivity index (χ4n) is 3.42. The zero-order valence-corrected chi connectivity index (χ0v) is 15.8. The number of aromatic nitrogens is 2. The van der Waals surface area contributed by atoms with E-state index >= 15 is 0 Å². The second-order valence-electron chi connectivity index (χ2n) is 7.06. The van der Waals surface area contributed by atoms with Gasteiger partial charge in [-0.25, -0.2) is 9.07 Å². The third-order valence-corrected chi connectivity index (χ3v) is 5.13. The number of nitrogens with zero attached hydrogens (tertiary/aromatic N) is 3. The Morgan fingerprint density at radius 3 is 2.83 bits per heavy atom. The summed E-state index contributed by atoms with van der Waals surface area (Å²) < 4.78 is 15.3. The molecule has 0 aliphatic carbocycles. The number of primary amides is 1. The largest absolute Gasteiger partial charge is 0.375 e. The van der Waals surface area contributed by atoms with Crippen LogP contribution in [0.2, 0.25) is 0 Å². The number of likely N-dealkylation sites (N-methyl/N-ethyl adjacent to an activating group) is 1. The first-order valence-electron chi connectivity index (χ1n) is 9.03. The summed E-state index contributed by atoms with van der Waals surface area (Å²) in [6.45, 7) is 4.59. The van der Waals surface area contributed by atoms with E-state index in [0.29, 0.717) is 40.8 Å². The van der Waals surface area contributed by atoms with E-state index < -0.39 is 17.3 Å². The van der Waals surface area contributed by atoms with Gasteiger partial charge in [0, 0.05) is 37.0 Å². The van der Waals surface area contributed by atoms with E-state index in [1.807, 2.05) is 11.9 Å². The highest BCUT2D eigenvalue weighted by molar-refractivity contribution is 6.04. The van der Waals surface area contributed by atoms with Crippen molar-refractivity contribution in [3.8, 4) is 17.5 Å². The molecule has 1 amide bonds. The van der Waals surface area contributed by atoms with E-state index in [2.05, 4.69) is 23.5 Å². The average Bonchev–Trinajstić information content (AvgIpc) is 3.20. The fraction of sp³-hybridized carbons (Fsp3) is 0.182. The van der Waals surface area contributed by atoms with Crippen LogP contribution in [0, 0.1) is 17.7 Å². The molecule has 146 valence electrons. The van der Waals surface area contributed by atoms with Crippen molar-refractivity contribution in [2.45, 2.75) is 12.0 Å². The molecular formula is C22H19FN4O2. The van der Waals surface area contributed by atoms with E-state index in [1.165, 1.54) is 22.9 Å². The first-order valence-corrected chi connectivity index (χ1v) is 9.03. The molecule has 7 heteroatoms. The molecule has 0 saturated carbocycles. The number of hydrogen-bond donors (Lipinski definition) is 2. The van der Waals surface area contributed by atoms with Crippen LogP contribution in [0.3, 0.4) is 0 Å². The van der Waals surface area contributed by atoms with Gasteiger partial charge in [0.05, 0.1) is 16.9 Å². The summed E-state index contributed by atoms with van der Waals surface area (Å²) >= 11 is 0. The van der Waals surface area contributed by atoms with Crippen LogP contribution in [0.1, 0.15) is 22.5 Å². The molecule has 1 saturated heterocycles. The SMILES string of the molecule is C=C1N(C)CC[C@@]1(O)C#Cc1cccc(-n2nc(C(N)=O)c3ccc(F)cc32)c1. The van der Waals surface area contributed by atoms with Crippen LogP contribution in [0.15, 0.2) is 54.7 Å². The molecule has 4 rings (SSSR count). The number of halogens is 1. The molecule has 0 spiro atoms. The van der Waals surface area contributed by atoms with Gasteiger partial charge < -0.3 is 15.7 Å². The maximum absolute atomic E-state index is 13.8. The van der Waals surface area contributed by atoms with Crippen LogP contribution in [0.4, 0.5) is 4.39 Å². The molecule has 1 atom stereocenters. The summed E-state index contributed by atoms with van der Waals surface area (Å²) in [5.74, 6) is 4.75. The Morgan fingerprint density at radius 2 is 2.14 bits per heavy atom. The highest BCUT2D eigenvalue weighted by Gasteiger charge is 2.36. The van der Waals surface area contributed by atoms with Crippen LogP contribution in [0.5, 0.6) is 0 Å². The number of aliphatic hydroxyl groups is 1. The predicted octanol–water partition coefficient (Wildman–Crippen LogP) is 2.20. The molecule has 3 N–H and O–H groups in total. The molecule has 0 bridgehead atoms. The zero-order valence-electron chi connectivity index (χ0n) is 15.8. The van der Waals surface area contributed by atoms with Gasteiger partial charge in [0.2, 0.25) is 0 Å². The lowest BCUT2D eigenvalue weighted by Crippen LogP contribution is -2.26. The van der Waals surface area contributed by atoms with Crippen molar-refractivity contribution in [2.24, 2.45) is 5.73 Å². The summed E-state index contributed by atoms with van der Waals surface area (Å²) in [7, 11) is 1.86. The lowest BCUT2D eigenvalue weighted by molar-refractivity contribution is 0.0996. The standard InChI is InChI=1S/C22H19FN4O2/c1-14-22(29,10-11-26(14)2)9-8-15-4-3-5-17(12-15)27-19-13-16(23)6-7-18(19)20(25-27)21(24)28/h3-7,12-13,29H,1,10-11H2,2H3,(H2,24,28)/t22-/m0/s1. The molecule has 2 aromatic carbocycles. The highest BCUT2D eigenvalue weighted by Crippen LogP contribution is 2.29. The smallest absolute Gasteiger partial charge is 0.269 e. The minimum atomic E-state index is -1.26. The first-order chi connectivity index (χ1) is 13.8. The van der Waals surface area contributed by atoms with Crippen molar-refractivity contribution in [2.75, 3.05) is 13.6 Å². The summed E-state index contributed by atoms with van der Waals surface area (Å²) in [6, 6.07) is 11.1. The molecule has 3 aromatic rings. The molecule has 0 unspecified atom stereocenters. The van der Waals surface area contributed by atoms with Gasteiger partial charge >= 0.3 is 0 Å². The Kier molecular flexibility index (Phi) is 4.36. The number of hydrogen-bond acceptors (Lipinski definition) is 4. The van der Waals surface area contributed by atoms with Gasteiger partial charge in [-0.2, -0.15) is 5.10 Å². The second kappa shape index (κ2) is 6.76. The van der Waals surface area contributed by atoms with E-state index in [4.69, 9.17) is 5.73 Å². The van der Waals surface area contributed by atoms with Gasteiger partial charge in [0.25, 0.3) is 5.91 Å². The van der Waals surface area contributed by atoms with Crippen LogP contribution in [-0.2, 0) is 0 Å². The van der Waals surface area contributed by atoms with Crippen molar-refractivity contribution in [1.29, 1.82) is 0 Å². The predicted molar refractivity (Wildman–Crippen MR) is 108 cm³/mol. The van der Waals surface area contributed by atoms with Crippen molar-refractivity contribution in [1.82, 2.24) is 14.7 Å². The quantitative estimate of drug-likeness (QED) is 0.657. The van der Waals surface area contributed by atoms with Crippen molar-refractivity contribution in [3.63, 3.8) is 0 Å². The Balaban J connectivity index is 1.78. The summed E-state index contributed by atoms with van der Waals surface area (Å²) in [5, 5.41) is 15.4. The highest BCUT2D eigenvalue weighted by atomic mass is 19.1. The first kappa shape index (κ1) is 18.7. The van der Waals surface area contributed by atoms with Crippen molar-refractivity contribution >= 4 is 16.8 Å². The molecule has 0 radical (unpaired) electrons. The van der Waals surface area contributed by atoms with Gasteiger partial charge in [-0.15, -0.1) is 0 Å². The molecule has 1 aromatic heterocycles. The number of likely N-dealkylation sites (tertiary alicyclic amines) is 1. The van der Waals surface area contributed by atoms with E-state index in [9.17, 15) is 14.3 Å². The van der Waals surface area contributed by atoms with E-state index in [1.54, 1.807) is 24.3 Å². The topological polar surface area (TPSA) is 84.4 Å². The Labute approximate surface area is 167 Å². The summed E-state index contributed by atoms with van der Waals surface area (Å²) in [4.78, 5) is 13.6. The van der Waals surface area contributed by atoms with Crippen molar-refractivity contribution < 1.29 is 14.3 Å². The minimum absolute atomic E-state index is 0.0658. The lowest BCUT2D eigenvalue weighted by Gasteiger charge is -2.19. The third-order valence-electron chi connectivity index (χ3n) is 5.13.